The molecule has 0 spiro atoms. The molecule has 1 fully saturated rings. The molecule has 0 radical (unpaired) electrons. The van der Waals surface area contributed by atoms with Crippen LogP contribution in [0.5, 0.6) is 0 Å². The molecule has 1 aliphatic carbocycles. The molecule has 1 saturated carbocycles. The Balaban J connectivity index is 3.57. The van der Waals surface area contributed by atoms with E-state index in [4.69, 9.17) is 0 Å². The third kappa shape index (κ3) is 1.44. The standard InChI is InChI=1S/C7H3F11/c8-2-1-3(9,10)5(13,14)7(17,18)6(15,16)4(2,11)12/h2H,1H2. The zero-order chi connectivity index (χ0) is 14.8. The summed E-state index contributed by atoms with van der Waals surface area (Å²) in [7, 11) is 0. The summed E-state index contributed by atoms with van der Waals surface area (Å²) in [6, 6.07) is 0. The smallest absolute Gasteiger partial charge is 0.240 e. The van der Waals surface area contributed by atoms with Gasteiger partial charge in [-0.1, -0.05) is 0 Å². The van der Waals surface area contributed by atoms with Gasteiger partial charge in [-0.05, 0) is 0 Å². The highest BCUT2D eigenvalue weighted by Gasteiger charge is 2.90. The van der Waals surface area contributed by atoms with E-state index in [0.29, 0.717) is 0 Å². The predicted octanol–water partition coefficient (Wildman–Crippen LogP) is 3.90. The van der Waals surface area contributed by atoms with E-state index in [1.807, 2.05) is 0 Å². The Hall–Kier alpha value is -0.770. The van der Waals surface area contributed by atoms with Gasteiger partial charge in [0, 0.05) is 0 Å². The van der Waals surface area contributed by atoms with Crippen LogP contribution in [-0.2, 0) is 0 Å². The highest BCUT2D eigenvalue weighted by Crippen LogP contribution is 2.62. The lowest BCUT2D eigenvalue weighted by atomic mass is 9.99. The fourth-order valence-corrected chi connectivity index (χ4v) is 1.31. The first-order valence-corrected chi connectivity index (χ1v) is 4.16. The number of alkyl halides is 11. The Morgan fingerprint density at radius 1 is 0.611 bits per heavy atom. The van der Waals surface area contributed by atoms with Crippen molar-refractivity contribution in [1.82, 2.24) is 0 Å². The lowest BCUT2D eigenvalue weighted by Crippen LogP contribution is -2.65. The third-order valence-electron chi connectivity index (χ3n) is 2.50. The quantitative estimate of drug-likeness (QED) is 0.470. The van der Waals surface area contributed by atoms with Gasteiger partial charge in [-0.25, -0.2) is 4.39 Å². The molecule has 0 bridgehead atoms. The van der Waals surface area contributed by atoms with Crippen LogP contribution in [0.4, 0.5) is 48.3 Å². The topological polar surface area (TPSA) is 0 Å². The zero-order valence-corrected chi connectivity index (χ0v) is 7.94. The van der Waals surface area contributed by atoms with Gasteiger partial charge in [0.2, 0.25) is 0 Å². The molecule has 0 saturated heterocycles. The van der Waals surface area contributed by atoms with Crippen molar-refractivity contribution in [2.45, 2.75) is 42.2 Å². The van der Waals surface area contributed by atoms with Crippen molar-refractivity contribution in [1.29, 1.82) is 0 Å². The maximum Gasteiger partial charge on any atom is 0.384 e. The second-order valence-electron chi connectivity index (χ2n) is 3.72. The van der Waals surface area contributed by atoms with E-state index in [9.17, 15) is 48.3 Å². The fourth-order valence-electron chi connectivity index (χ4n) is 1.31. The van der Waals surface area contributed by atoms with Crippen LogP contribution >= 0.6 is 0 Å². The average Bonchev–Trinajstić information content (AvgIpc) is 2.15. The molecule has 0 aromatic carbocycles. The minimum absolute atomic E-state index is 3.14. The summed E-state index contributed by atoms with van der Waals surface area (Å²) in [6.07, 6.45) is -7.68. The van der Waals surface area contributed by atoms with E-state index in [0.717, 1.165) is 0 Å². The Kier molecular flexibility index (Phi) is 2.90. The van der Waals surface area contributed by atoms with Crippen LogP contribution in [0, 0.1) is 0 Å². The maximum absolute atomic E-state index is 12.6. The van der Waals surface area contributed by atoms with Crippen molar-refractivity contribution in [3.05, 3.63) is 0 Å². The molecule has 0 aliphatic heterocycles. The first kappa shape index (κ1) is 15.3. The van der Waals surface area contributed by atoms with Crippen molar-refractivity contribution in [2.75, 3.05) is 0 Å². The van der Waals surface area contributed by atoms with Crippen LogP contribution < -0.4 is 0 Å². The first-order chi connectivity index (χ1) is 7.63. The summed E-state index contributed by atoms with van der Waals surface area (Å²) in [5, 5.41) is 0. The molecule has 0 nitrogen and oxygen atoms in total. The van der Waals surface area contributed by atoms with Crippen LogP contribution in [-0.4, -0.2) is 35.8 Å². The summed E-state index contributed by atoms with van der Waals surface area (Å²) in [6.45, 7) is 0. The van der Waals surface area contributed by atoms with Crippen LogP contribution in [0.3, 0.4) is 0 Å². The van der Waals surface area contributed by atoms with Crippen molar-refractivity contribution in [3.63, 3.8) is 0 Å². The highest BCUT2D eigenvalue weighted by molar-refractivity contribution is 5.14. The monoisotopic (exact) mass is 296 g/mol. The molecule has 0 aromatic rings. The second-order valence-corrected chi connectivity index (χ2v) is 3.72. The van der Waals surface area contributed by atoms with Gasteiger partial charge in [0.15, 0.2) is 6.17 Å². The van der Waals surface area contributed by atoms with Crippen molar-refractivity contribution in [2.24, 2.45) is 0 Å². The SMILES string of the molecule is FC1CC(F)(F)C(F)(F)C(F)(F)C(F)(F)C1(F)F. The molecule has 1 atom stereocenters. The minimum atomic E-state index is -7.10. The van der Waals surface area contributed by atoms with Gasteiger partial charge >= 0.3 is 29.6 Å². The van der Waals surface area contributed by atoms with Gasteiger partial charge in [-0.15, -0.1) is 0 Å². The Bertz CT molecular complexity index is 343. The number of halogens is 11. The van der Waals surface area contributed by atoms with Gasteiger partial charge in [0.25, 0.3) is 0 Å². The van der Waals surface area contributed by atoms with Gasteiger partial charge in [-0.2, -0.15) is 43.9 Å². The molecule has 0 aromatic heterocycles. The molecule has 0 heterocycles. The van der Waals surface area contributed by atoms with Crippen LogP contribution in [0.2, 0.25) is 0 Å². The molecule has 1 aliphatic rings. The van der Waals surface area contributed by atoms with E-state index in [1.54, 1.807) is 0 Å². The lowest BCUT2D eigenvalue weighted by molar-refractivity contribution is -0.388. The summed E-state index contributed by atoms with van der Waals surface area (Å²) < 4.78 is 138. The minimum Gasteiger partial charge on any atom is -0.240 e. The van der Waals surface area contributed by atoms with Crippen molar-refractivity contribution in [3.8, 4) is 0 Å². The second kappa shape index (κ2) is 3.41. The van der Waals surface area contributed by atoms with Crippen molar-refractivity contribution < 1.29 is 48.3 Å². The molecule has 18 heavy (non-hydrogen) atoms. The molecular weight excluding hydrogens is 293 g/mol. The van der Waals surface area contributed by atoms with Crippen LogP contribution in [0.25, 0.3) is 0 Å². The Labute approximate surface area is 91.7 Å². The molecule has 0 N–H and O–H groups in total. The van der Waals surface area contributed by atoms with Gasteiger partial charge in [0.05, 0.1) is 6.42 Å². The third-order valence-corrected chi connectivity index (χ3v) is 2.50. The molecule has 1 unspecified atom stereocenters. The van der Waals surface area contributed by atoms with E-state index >= 15 is 0 Å². The first-order valence-electron chi connectivity index (χ1n) is 4.16. The number of hydrogen-bond acceptors (Lipinski definition) is 0. The highest BCUT2D eigenvalue weighted by atomic mass is 19.4. The summed E-state index contributed by atoms with van der Waals surface area (Å²) in [4.78, 5) is 0. The Morgan fingerprint density at radius 3 is 1.39 bits per heavy atom. The molecule has 11 heteroatoms. The summed E-state index contributed by atoms with van der Waals surface area (Å²) in [5.41, 5.74) is 0. The van der Waals surface area contributed by atoms with Crippen LogP contribution in [0.1, 0.15) is 6.42 Å². The number of hydrogen-bond donors (Lipinski definition) is 0. The molecule has 1 rings (SSSR count). The van der Waals surface area contributed by atoms with Gasteiger partial charge < -0.3 is 0 Å². The molecular formula is C7H3F11. The molecule has 108 valence electrons. The summed E-state index contributed by atoms with van der Waals surface area (Å²) in [5.74, 6) is -33.3. The predicted molar refractivity (Wildman–Crippen MR) is 34.2 cm³/mol. The van der Waals surface area contributed by atoms with E-state index < -0.39 is 42.2 Å². The van der Waals surface area contributed by atoms with E-state index in [2.05, 4.69) is 0 Å². The van der Waals surface area contributed by atoms with Gasteiger partial charge in [0.1, 0.15) is 0 Å². The molecule has 0 amide bonds. The van der Waals surface area contributed by atoms with Crippen molar-refractivity contribution >= 4 is 0 Å². The largest absolute Gasteiger partial charge is 0.384 e. The van der Waals surface area contributed by atoms with Gasteiger partial charge in [-0.3, -0.25) is 0 Å². The van der Waals surface area contributed by atoms with E-state index in [1.165, 1.54) is 0 Å². The van der Waals surface area contributed by atoms with Crippen LogP contribution in [0.15, 0.2) is 0 Å². The maximum atomic E-state index is 12.6. The average molecular weight is 296 g/mol. The fraction of sp³-hybridized carbons (Fsp3) is 1.00. The van der Waals surface area contributed by atoms with E-state index in [-0.39, 0.29) is 0 Å². The zero-order valence-electron chi connectivity index (χ0n) is 7.94. The lowest BCUT2D eigenvalue weighted by Gasteiger charge is -2.35. The Morgan fingerprint density at radius 2 is 1.00 bits per heavy atom. The summed E-state index contributed by atoms with van der Waals surface area (Å²) >= 11 is 0. The normalized spacial score (nSPS) is 35.8. The number of rotatable bonds is 0.